The van der Waals surface area contributed by atoms with E-state index in [0.29, 0.717) is 31.7 Å². The maximum absolute atomic E-state index is 12.8. The Morgan fingerprint density at radius 3 is 2.24 bits per heavy atom. The van der Waals surface area contributed by atoms with Crippen LogP contribution in [-0.2, 0) is 10.0 Å². The molecule has 130 valence electrons. The number of nitriles is 1. The molecule has 25 heavy (non-hydrogen) atoms. The molecule has 1 fully saturated rings. The number of nitrogens with zero attached hydrogens (tertiary/aromatic N) is 3. The van der Waals surface area contributed by atoms with Crippen LogP contribution in [0.15, 0.2) is 58.3 Å². The van der Waals surface area contributed by atoms with Gasteiger partial charge in [0.25, 0.3) is 0 Å². The summed E-state index contributed by atoms with van der Waals surface area (Å²) in [5.41, 5.74) is 1.61. The highest BCUT2D eigenvalue weighted by Gasteiger charge is 2.29. The molecule has 2 aromatic rings. The number of hydrogen-bond acceptors (Lipinski definition) is 5. The van der Waals surface area contributed by atoms with Crippen molar-refractivity contribution in [3.8, 4) is 6.07 Å². The summed E-state index contributed by atoms with van der Waals surface area (Å²) >= 11 is 1.70. The SMILES string of the molecule is CSc1ccccc1N1CCN(S(=O)(=O)c2ccc(C#N)cc2)CC1. The van der Waals surface area contributed by atoms with Gasteiger partial charge in [-0.05, 0) is 42.7 Å². The molecule has 0 amide bonds. The number of sulfonamides is 1. The Labute approximate surface area is 152 Å². The van der Waals surface area contributed by atoms with Crippen LogP contribution in [-0.4, -0.2) is 45.2 Å². The molecule has 1 heterocycles. The zero-order valence-electron chi connectivity index (χ0n) is 13.9. The highest BCUT2D eigenvalue weighted by Crippen LogP contribution is 2.29. The third kappa shape index (κ3) is 3.66. The second-order valence-electron chi connectivity index (χ2n) is 5.70. The predicted molar refractivity (Wildman–Crippen MR) is 100 cm³/mol. The molecule has 0 aliphatic carbocycles. The van der Waals surface area contributed by atoms with Crippen molar-refractivity contribution < 1.29 is 8.42 Å². The van der Waals surface area contributed by atoms with Crippen LogP contribution < -0.4 is 4.90 Å². The highest BCUT2D eigenvalue weighted by molar-refractivity contribution is 7.98. The minimum absolute atomic E-state index is 0.240. The monoisotopic (exact) mass is 373 g/mol. The molecular weight excluding hydrogens is 354 g/mol. The zero-order valence-corrected chi connectivity index (χ0v) is 15.6. The quantitative estimate of drug-likeness (QED) is 0.771. The Bertz CT molecular complexity index is 881. The summed E-state index contributed by atoms with van der Waals surface area (Å²) in [4.78, 5) is 3.67. The fourth-order valence-corrected chi connectivity index (χ4v) is 4.95. The highest BCUT2D eigenvalue weighted by atomic mass is 32.2. The van der Waals surface area contributed by atoms with Crippen LogP contribution in [0.2, 0.25) is 0 Å². The van der Waals surface area contributed by atoms with Crippen LogP contribution in [0.1, 0.15) is 5.56 Å². The lowest BCUT2D eigenvalue weighted by molar-refractivity contribution is 0.384. The molecule has 1 aliphatic rings. The number of rotatable bonds is 4. The Balaban J connectivity index is 1.74. The average molecular weight is 374 g/mol. The zero-order chi connectivity index (χ0) is 17.9. The van der Waals surface area contributed by atoms with Gasteiger partial charge < -0.3 is 4.90 Å². The van der Waals surface area contributed by atoms with E-state index >= 15 is 0 Å². The summed E-state index contributed by atoms with van der Waals surface area (Å²) in [5.74, 6) is 0. The number of hydrogen-bond donors (Lipinski definition) is 0. The van der Waals surface area contributed by atoms with Crippen molar-refractivity contribution in [3.63, 3.8) is 0 Å². The Morgan fingerprint density at radius 1 is 1.00 bits per heavy atom. The first kappa shape index (κ1) is 17.8. The average Bonchev–Trinajstić information content (AvgIpc) is 2.68. The van der Waals surface area contributed by atoms with Gasteiger partial charge in [0.2, 0.25) is 10.0 Å². The van der Waals surface area contributed by atoms with Gasteiger partial charge in [-0.3, -0.25) is 0 Å². The van der Waals surface area contributed by atoms with Gasteiger partial charge in [0.15, 0.2) is 0 Å². The largest absolute Gasteiger partial charge is 0.368 e. The molecular formula is C18H19N3O2S2. The van der Waals surface area contributed by atoms with Crippen molar-refractivity contribution in [1.82, 2.24) is 4.31 Å². The van der Waals surface area contributed by atoms with Crippen molar-refractivity contribution >= 4 is 27.5 Å². The number of thioether (sulfide) groups is 1. The number of anilines is 1. The number of para-hydroxylation sites is 1. The molecule has 1 saturated heterocycles. The van der Waals surface area contributed by atoms with E-state index in [0.717, 1.165) is 5.69 Å². The first-order chi connectivity index (χ1) is 12.1. The molecule has 0 atom stereocenters. The topological polar surface area (TPSA) is 64.4 Å². The van der Waals surface area contributed by atoms with Gasteiger partial charge in [-0.1, -0.05) is 12.1 Å². The lowest BCUT2D eigenvalue weighted by Crippen LogP contribution is -2.48. The second kappa shape index (κ2) is 7.48. The molecule has 7 heteroatoms. The molecule has 0 bridgehead atoms. The number of piperazine rings is 1. The maximum Gasteiger partial charge on any atom is 0.243 e. The van der Waals surface area contributed by atoms with Crippen LogP contribution in [0.3, 0.4) is 0 Å². The van der Waals surface area contributed by atoms with Gasteiger partial charge >= 0.3 is 0 Å². The molecule has 0 aromatic heterocycles. The molecule has 0 unspecified atom stereocenters. The fraction of sp³-hybridized carbons (Fsp3) is 0.278. The summed E-state index contributed by atoms with van der Waals surface area (Å²) in [7, 11) is -3.52. The van der Waals surface area contributed by atoms with Crippen LogP contribution in [0, 0.1) is 11.3 Å². The second-order valence-corrected chi connectivity index (χ2v) is 8.49. The van der Waals surface area contributed by atoms with Crippen molar-refractivity contribution in [2.75, 3.05) is 37.3 Å². The Hall–Kier alpha value is -2.01. The summed E-state index contributed by atoms with van der Waals surface area (Å²) in [6.07, 6.45) is 2.05. The molecule has 0 N–H and O–H groups in total. The van der Waals surface area contributed by atoms with Gasteiger partial charge in [-0.2, -0.15) is 9.57 Å². The maximum atomic E-state index is 12.8. The van der Waals surface area contributed by atoms with E-state index < -0.39 is 10.0 Å². The predicted octanol–water partition coefficient (Wildman–Crippen LogP) is 2.79. The minimum atomic E-state index is -3.52. The van der Waals surface area contributed by atoms with E-state index in [1.807, 2.05) is 24.5 Å². The van der Waals surface area contributed by atoms with E-state index in [9.17, 15) is 8.42 Å². The molecule has 0 radical (unpaired) electrons. The van der Waals surface area contributed by atoms with Gasteiger partial charge in [0, 0.05) is 31.1 Å². The molecule has 0 spiro atoms. The van der Waals surface area contributed by atoms with E-state index in [-0.39, 0.29) is 4.90 Å². The van der Waals surface area contributed by atoms with Gasteiger partial charge in [0.1, 0.15) is 0 Å². The first-order valence-electron chi connectivity index (χ1n) is 7.94. The smallest absolute Gasteiger partial charge is 0.243 e. The lowest BCUT2D eigenvalue weighted by atomic mass is 10.2. The van der Waals surface area contributed by atoms with Gasteiger partial charge in [-0.25, -0.2) is 8.42 Å². The Kier molecular flexibility index (Phi) is 5.33. The summed E-state index contributed by atoms with van der Waals surface area (Å²) in [6.45, 7) is 2.22. The van der Waals surface area contributed by atoms with Crippen molar-refractivity contribution in [1.29, 1.82) is 5.26 Å². The Morgan fingerprint density at radius 2 is 1.64 bits per heavy atom. The van der Waals surface area contributed by atoms with Gasteiger partial charge in [0.05, 0.1) is 22.2 Å². The third-order valence-corrected chi connectivity index (χ3v) is 6.98. The van der Waals surface area contributed by atoms with E-state index in [4.69, 9.17) is 5.26 Å². The van der Waals surface area contributed by atoms with Crippen LogP contribution >= 0.6 is 11.8 Å². The van der Waals surface area contributed by atoms with Crippen molar-refractivity contribution in [2.45, 2.75) is 9.79 Å². The van der Waals surface area contributed by atoms with Gasteiger partial charge in [-0.15, -0.1) is 11.8 Å². The molecule has 2 aromatic carbocycles. The summed E-state index contributed by atoms with van der Waals surface area (Å²) < 4.78 is 27.1. The summed E-state index contributed by atoms with van der Waals surface area (Å²) in [6, 6.07) is 16.3. The first-order valence-corrected chi connectivity index (χ1v) is 10.6. The third-order valence-electron chi connectivity index (χ3n) is 4.29. The van der Waals surface area contributed by atoms with Crippen LogP contribution in [0.5, 0.6) is 0 Å². The van der Waals surface area contributed by atoms with Crippen LogP contribution in [0.4, 0.5) is 5.69 Å². The van der Waals surface area contributed by atoms with E-state index in [1.54, 1.807) is 11.8 Å². The molecule has 5 nitrogen and oxygen atoms in total. The fourth-order valence-electron chi connectivity index (χ4n) is 2.91. The summed E-state index contributed by atoms with van der Waals surface area (Å²) in [5, 5.41) is 8.84. The van der Waals surface area contributed by atoms with E-state index in [1.165, 1.54) is 33.5 Å². The lowest BCUT2D eigenvalue weighted by Gasteiger charge is -2.36. The van der Waals surface area contributed by atoms with E-state index in [2.05, 4.69) is 17.0 Å². The standard InChI is InChI=1S/C18H19N3O2S2/c1-24-18-5-3-2-4-17(18)20-10-12-21(13-11-20)25(22,23)16-8-6-15(14-19)7-9-16/h2-9H,10-13H2,1H3. The minimum Gasteiger partial charge on any atom is -0.368 e. The molecule has 1 aliphatic heterocycles. The number of benzene rings is 2. The van der Waals surface area contributed by atoms with Crippen molar-refractivity contribution in [2.24, 2.45) is 0 Å². The molecule has 0 saturated carbocycles. The van der Waals surface area contributed by atoms with Crippen LogP contribution in [0.25, 0.3) is 0 Å². The van der Waals surface area contributed by atoms with Crippen molar-refractivity contribution in [3.05, 3.63) is 54.1 Å². The normalized spacial score (nSPS) is 15.8. The molecule has 3 rings (SSSR count).